The number of hydrogen-bond donors (Lipinski definition) is 1. The van der Waals surface area contributed by atoms with E-state index >= 15 is 0 Å². The molecule has 0 amide bonds. The van der Waals surface area contributed by atoms with Crippen LogP contribution in [0.2, 0.25) is 0 Å². The minimum Gasteiger partial charge on any atom is -0.405 e. The Morgan fingerprint density at radius 1 is 1.12 bits per heavy atom. The fourth-order valence-corrected chi connectivity index (χ4v) is 2.34. The minimum atomic E-state index is -4.84. The molecule has 3 aromatic rings. The molecule has 2 aromatic heterocycles. The number of alkyl halides is 3. The van der Waals surface area contributed by atoms with Gasteiger partial charge < -0.3 is 10.5 Å². The fraction of sp³-hybridized carbons (Fsp3) is 0.118. The summed E-state index contributed by atoms with van der Waals surface area (Å²) in [5, 5.41) is 0. The number of terminal acetylenes is 1. The summed E-state index contributed by atoms with van der Waals surface area (Å²) in [4.78, 5) is 12.5. The first-order valence-electron chi connectivity index (χ1n) is 7.04. The highest BCUT2D eigenvalue weighted by Gasteiger charge is 2.32. The van der Waals surface area contributed by atoms with Gasteiger partial charge in [0.05, 0.1) is 11.2 Å². The summed E-state index contributed by atoms with van der Waals surface area (Å²) >= 11 is 0. The quantitative estimate of drug-likeness (QED) is 0.721. The van der Waals surface area contributed by atoms with Crippen molar-refractivity contribution in [1.82, 2.24) is 15.0 Å². The van der Waals surface area contributed by atoms with Gasteiger partial charge in [-0.1, -0.05) is 5.92 Å². The van der Waals surface area contributed by atoms with Crippen LogP contribution in [0.3, 0.4) is 0 Å². The van der Waals surface area contributed by atoms with Crippen molar-refractivity contribution in [2.45, 2.75) is 13.3 Å². The Balaban J connectivity index is 2.21. The molecule has 2 heterocycles. The Morgan fingerprint density at radius 2 is 1.88 bits per heavy atom. The number of pyridine rings is 1. The van der Waals surface area contributed by atoms with Gasteiger partial charge in [-0.2, -0.15) is 0 Å². The van der Waals surface area contributed by atoms with Crippen molar-refractivity contribution in [3.63, 3.8) is 0 Å². The van der Waals surface area contributed by atoms with Gasteiger partial charge in [0.2, 0.25) is 0 Å². The third-order valence-electron chi connectivity index (χ3n) is 3.33. The van der Waals surface area contributed by atoms with E-state index in [1.807, 2.05) is 0 Å². The number of aromatic nitrogens is 3. The summed E-state index contributed by atoms with van der Waals surface area (Å²) in [5.41, 5.74) is 7.31. The number of nitrogen functional groups attached to an aromatic ring is 1. The molecule has 0 aliphatic heterocycles. The van der Waals surface area contributed by atoms with E-state index in [1.54, 1.807) is 13.0 Å². The van der Waals surface area contributed by atoms with E-state index in [4.69, 9.17) is 12.2 Å². The molecule has 3 rings (SSSR count). The third-order valence-corrected chi connectivity index (χ3v) is 3.33. The number of hydrogen-bond acceptors (Lipinski definition) is 5. The van der Waals surface area contributed by atoms with Crippen molar-refractivity contribution in [2.75, 3.05) is 5.73 Å². The average molecular weight is 344 g/mol. The molecule has 126 valence electrons. The molecular formula is C17H11F3N4O. The first kappa shape index (κ1) is 16.5. The molecule has 0 aliphatic carbocycles. The zero-order valence-electron chi connectivity index (χ0n) is 12.9. The molecule has 0 unspecified atom stereocenters. The molecule has 1 aromatic carbocycles. The van der Waals surface area contributed by atoms with Crippen molar-refractivity contribution in [2.24, 2.45) is 0 Å². The Bertz CT molecular complexity index is 1010. The zero-order valence-corrected chi connectivity index (χ0v) is 12.9. The Hall–Kier alpha value is -3.34. The lowest BCUT2D eigenvalue weighted by molar-refractivity contribution is -0.274. The van der Waals surface area contributed by atoms with E-state index < -0.39 is 12.1 Å². The molecule has 0 saturated carbocycles. The standard InChI is InChI=1S/C17H11F3N4O/c1-3-10-4-7-14(25-17(18,19)20)11(8-10)12-5-6-13-15(24-12)16(21)23-9(2)22-13/h1,4-8H,2H3,(H2,21,22,23). The Kier molecular flexibility index (Phi) is 3.93. The molecule has 0 saturated heterocycles. The van der Waals surface area contributed by atoms with Gasteiger partial charge in [-0.15, -0.1) is 19.6 Å². The fourth-order valence-electron chi connectivity index (χ4n) is 2.34. The van der Waals surface area contributed by atoms with Crippen molar-refractivity contribution in [3.8, 4) is 29.4 Å². The number of anilines is 1. The second-order valence-electron chi connectivity index (χ2n) is 5.12. The number of halogens is 3. The maximum Gasteiger partial charge on any atom is 0.573 e. The van der Waals surface area contributed by atoms with Gasteiger partial charge in [-0.3, -0.25) is 0 Å². The average Bonchev–Trinajstić information content (AvgIpc) is 2.53. The molecule has 0 bridgehead atoms. The number of rotatable bonds is 2. The van der Waals surface area contributed by atoms with E-state index in [2.05, 4.69) is 25.6 Å². The highest BCUT2D eigenvalue weighted by molar-refractivity contribution is 5.86. The van der Waals surface area contributed by atoms with Gasteiger partial charge in [0.15, 0.2) is 5.82 Å². The van der Waals surface area contributed by atoms with Crippen molar-refractivity contribution < 1.29 is 17.9 Å². The Labute approximate surface area is 140 Å². The number of ether oxygens (including phenoxy) is 1. The molecule has 5 nitrogen and oxygen atoms in total. The molecule has 0 fully saturated rings. The van der Waals surface area contributed by atoms with Crippen molar-refractivity contribution >= 4 is 16.9 Å². The van der Waals surface area contributed by atoms with E-state index in [0.29, 0.717) is 16.9 Å². The predicted octanol–water partition coefficient (Wildman–Crippen LogP) is 3.46. The smallest absolute Gasteiger partial charge is 0.405 e. The van der Waals surface area contributed by atoms with Crippen LogP contribution in [0.5, 0.6) is 5.75 Å². The summed E-state index contributed by atoms with van der Waals surface area (Å²) < 4.78 is 42.1. The molecule has 0 radical (unpaired) electrons. The zero-order chi connectivity index (χ0) is 18.2. The number of nitrogens with zero attached hydrogens (tertiary/aromatic N) is 3. The predicted molar refractivity (Wildman–Crippen MR) is 86.5 cm³/mol. The van der Waals surface area contributed by atoms with Crippen LogP contribution < -0.4 is 10.5 Å². The van der Waals surface area contributed by atoms with E-state index in [1.165, 1.54) is 18.2 Å². The summed E-state index contributed by atoms with van der Waals surface area (Å²) in [6, 6.07) is 7.02. The van der Waals surface area contributed by atoms with Crippen LogP contribution in [0, 0.1) is 19.3 Å². The second kappa shape index (κ2) is 5.94. The molecule has 0 atom stereocenters. The van der Waals surface area contributed by atoms with Crippen molar-refractivity contribution in [3.05, 3.63) is 41.7 Å². The summed E-state index contributed by atoms with van der Waals surface area (Å²) in [5.74, 6) is 2.56. The number of aryl methyl sites for hydroxylation is 1. The normalized spacial score (nSPS) is 11.3. The second-order valence-corrected chi connectivity index (χ2v) is 5.12. The van der Waals surface area contributed by atoms with Crippen LogP contribution in [0.25, 0.3) is 22.3 Å². The first-order valence-corrected chi connectivity index (χ1v) is 7.04. The van der Waals surface area contributed by atoms with Gasteiger partial charge in [0.25, 0.3) is 0 Å². The van der Waals surface area contributed by atoms with Crippen LogP contribution in [-0.2, 0) is 0 Å². The summed E-state index contributed by atoms with van der Waals surface area (Å²) in [7, 11) is 0. The topological polar surface area (TPSA) is 73.9 Å². The summed E-state index contributed by atoms with van der Waals surface area (Å²) in [6.07, 6.45) is 0.487. The van der Waals surface area contributed by atoms with Crippen LogP contribution >= 0.6 is 0 Å². The molecule has 0 aliphatic rings. The first-order chi connectivity index (χ1) is 11.8. The lowest BCUT2D eigenvalue weighted by atomic mass is 10.1. The van der Waals surface area contributed by atoms with Crippen LogP contribution in [0.4, 0.5) is 19.0 Å². The molecule has 8 heteroatoms. The minimum absolute atomic E-state index is 0.0923. The van der Waals surface area contributed by atoms with Crippen LogP contribution in [-0.4, -0.2) is 21.3 Å². The highest BCUT2D eigenvalue weighted by Crippen LogP contribution is 2.34. The van der Waals surface area contributed by atoms with Gasteiger partial charge in [-0.25, -0.2) is 15.0 Å². The maximum absolute atomic E-state index is 12.7. The van der Waals surface area contributed by atoms with E-state index in [-0.39, 0.29) is 22.6 Å². The van der Waals surface area contributed by atoms with Crippen LogP contribution in [0.1, 0.15) is 11.4 Å². The lowest BCUT2D eigenvalue weighted by Gasteiger charge is -2.14. The monoisotopic (exact) mass is 344 g/mol. The lowest BCUT2D eigenvalue weighted by Crippen LogP contribution is -2.17. The maximum atomic E-state index is 12.7. The van der Waals surface area contributed by atoms with Gasteiger partial charge in [-0.05, 0) is 37.3 Å². The van der Waals surface area contributed by atoms with E-state index in [9.17, 15) is 13.2 Å². The number of fused-ring (bicyclic) bond motifs is 1. The van der Waals surface area contributed by atoms with E-state index in [0.717, 1.165) is 6.07 Å². The molecule has 2 N–H and O–H groups in total. The van der Waals surface area contributed by atoms with Crippen molar-refractivity contribution in [1.29, 1.82) is 0 Å². The van der Waals surface area contributed by atoms with Gasteiger partial charge >= 0.3 is 6.36 Å². The summed E-state index contributed by atoms with van der Waals surface area (Å²) in [6.45, 7) is 1.68. The number of nitrogens with two attached hydrogens (primary N) is 1. The van der Waals surface area contributed by atoms with Crippen LogP contribution in [0.15, 0.2) is 30.3 Å². The third kappa shape index (κ3) is 3.45. The van der Waals surface area contributed by atoms with Gasteiger partial charge in [0.1, 0.15) is 17.1 Å². The SMILES string of the molecule is C#Cc1ccc(OC(F)(F)F)c(-c2ccc3nc(C)nc(N)c3n2)c1. The van der Waals surface area contributed by atoms with Gasteiger partial charge in [0, 0.05) is 11.1 Å². The molecular weight excluding hydrogens is 333 g/mol. The molecule has 25 heavy (non-hydrogen) atoms. The highest BCUT2D eigenvalue weighted by atomic mass is 19.4. The molecule has 0 spiro atoms. The largest absolute Gasteiger partial charge is 0.573 e. The Morgan fingerprint density at radius 3 is 2.56 bits per heavy atom. The number of benzene rings is 1.